The molecule has 0 aromatic heterocycles. The molecule has 2 rings (SSSR count). The van der Waals surface area contributed by atoms with Crippen molar-refractivity contribution in [3.63, 3.8) is 0 Å². The maximum Gasteiger partial charge on any atom is 0.224 e. The molecule has 1 N–H and O–H groups in total. The normalized spacial score (nSPS) is 11.7. The topological polar surface area (TPSA) is 100 Å². The third kappa shape index (κ3) is 7.80. The van der Waals surface area contributed by atoms with Crippen molar-refractivity contribution in [2.45, 2.75) is 18.6 Å². The fraction of sp³-hybridized carbons (Fsp3) is 0.304. The van der Waals surface area contributed by atoms with Gasteiger partial charge in [-0.2, -0.15) is 0 Å². The molecule has 8 nitrogen and oxygen atoms in total. The van der Waals surface area contributed by atoms with Gasteiger partial charge in [-0.1, -0.05) is 6.07 Å². The first-order chi connectivity index (χ1) is 15.8. The molecule has 0 aliphatic rings. The molecule has 0 radical (unpaired) electrons. The summed E-state index contributed by atoms with van der Waals surface area (Å²) in [7, 11) is 4.70. The molecule has 1 atom stereocenters. The number of rotatable bonds is 12. The van der Waals surface area contributed by atoms with Crippen LogP contribution in [0.5, 0.6) is 23.0 Å². The highest BCUT2D eigenvalue weighted by atomic mass is 35.5. The van der Waals surface area contributed by atoms with Crippen molar-refractivity contribution in [3.05, 3.63) is 46.9 Å². The molecule has 1 amide bonds. The van der Waals surface area contributed by atoms with Crippen molar-refractivity contribution in [2.24, 2.45) is 0 Å². The molecule has 0 aliphatic carbocycles. The third-order valence-corrected chi connectivity index (χ3v) is 5.78. The van der Waals surface area contributed by atoms with E-state index < -0.39 is 16.0 Å². The molecule has 0 bridgehead atoms. The maximum absolute atomic E-state index is 12.7. The van der Waals surface area contributed by atoms with Gasteiger partial charge in [-0.15, -0.1) is 0 Å². The van der Waals surface area contributed by atoms with Crippen LogP contribution in [0.2, 0.25) is 0 Å². The van der Waals surface area contributed by atoms with Gasteiger partial charge in [-0.3, -0.25) is 13.8 Å². The van der Waals surface area contributed by atoms with Crippen LogP contribution in [0.25, 0.3) is 6.08 Å². The summed E-state index contributed by atoms with van der Waals surface area (Å²) in [5.74, 6) is 1.88. The Kier molecular flexibility index (Phi) is 10.2. The highest BCUT2D eigenvalue weighted by Crippen LogP contribution is 2.35. The zero-order valence-corrected chi connectivity index (χ0v) is 20.4. The van der Waals surface area contributed by atoms with Crippen LogP contribution in [0.3, 0.4) is 0 Å². The molecule has 33 heavy (non-hydrogen) atoms. The minimum atomic E-state index is -1.38. The van der Waals surface area contributed by atoms with E-state index in [0.29, 0.717) is 34.2 Å². The van der Waals surface area contributed by atoms with E-state index in [1.807, 2.05) is 0 Å². The summed E-state index contributed by atoms with van der Waals surface area (Å²) in [4.78, 5) is 22.9. The van der Waals surface area contributed by atoms with Crippen molar-refractivity contribution in [2.75, 3.05) is 33.8 Å². The van der Waals surface area contributed by atoms with Crippen molar-refractivity contribution < 1.29 is 32.7 Å². The lowest BCUT2D eigenvalue weighted by Crippen LogP contribution is -2.13. The number of nitrogens with one attached hydrogen (secondary N) is 1. The van der Waals surface area contributed by atoms with E-state index >= 15 is 0 Å². The Balaban J connectivity index is 2.18. The molecule has 0 saturated carbocycles. The molecule has 2 aromatic rings. The van der Waals surface area contributed by atoms with Crippen LogP contribution in [0.15, 0.2) is 35.7 Å². The van der Waals surface area contributed by atoms with Gasteiger partial charge in [0, 0.05) is 30.4 Å². The van der Waals surface area contributed by atoms with Gasteiger partial charge in [0.1, 0.15) is 23.0 Å². The number of methoxy groups -OCH3 is 4. The van der Waals surface area contributed by atoms with Crippen LogP contribution in [-0.2, 0) is 26.1 Å². The number of amides is 1. The molecule has 1 unspecified atom stereocenters. The number of carbonyl (C=O) groups excluding carboxylic acids is 2. The fourth-order valence-corrected chi connectivity index (χ4v) is 3.91. The van der Waals surface area contributed by atoms with Crippen LogP contribution in [0.4, 0.5) is 5.69 Å². The first-order valence-corrected chi connectivity index (χ1v) is 11.6. The average molecular weight is 496 g/mol. The first-order valence-electron chi connectivity index (χ1n) is 9.81. The summed E-state index contributed by atoms with van der Waals surface area (Å²) >= 11 is 5.29. The predicted molar refractivity (Wildman–Crippen MR) is 129 cm³/mol. The number of hydrogen-bond donors (Lipinski definition) is 1. The summed E-state index contributed by atoms with van der Waals surface area (Å²) in [5, 5.41) is 3.65. The maximum atomic E-state index is 12.7. The largest absolute Gasteiger partial charge is 0.496 e. The minimum Gasteiger partial charge on any atom is -0.496 e. The van der Waals surface area contributed by atoms with Gasteiger partial charge in [0.15, 0.2) is 0 Å². The van der Waals surface area contributed by atoms with E-state index in [0.717, 1.165) is 5.56 Å². The number of ether oxygens (including phenoxy) is 4. The van der Waals surface area contributed by atoms with Crippen LogP contribution in [0.1, 0.15) is 24.0 Å². The summed E-state index contributed by atoms with van der Waals surface area (Å²) in [6.07, 6.45) is 1.56. The SMILES string of the molecule is COc1cc(OC)c(C=CS(=O)Cc2ccc(OC)c(NC(=O)CCC(=O)Cl)c2)c(OC)c1. The second-order valence-electron chi connectivity index (χ2n) is 6.71. The molecule has 0 aliphatic heterocycles. The van der Waals surface area contributed by atoms with E-state index in [2.05, 4.69) is 5.32 Å². The summed E-state index contributed by atoms with van der Waals surface area (Å²) in [5.41, 5.74) is 1.77. The Bertz CT molecular complexity index is 1030. The van der Waals surface area contributed by atoms with Crippen LogP contribution >= 0.6 is 11.6 Å². The highest BCUT2D eigenvalue weighted by Gasteiger charge is 2.13. The van der Waals surface area contributed by atoms with E-state index in [4.69, 9.17) is 30.5 Å². The lowest BCUT2D eigenvalue weighted by atomic mass is 10.1. The highest BCUT2D eigenvalue weighted by molar-refractivity contribution is 7.87. The van der Waals surface area contributed by atoms with Crippen molar-refractivity contribution in [1.29, 1.82) is 0 Å². The smallest absolute Gasteiger partial charge is 0.224 e. The number of carbonyl (C=O) groups is 2. The molecular formula is C23H26ClNO7S. The predicted octanol–water partition coefficient (Wildman–Crippen LogP) is 4.12. The summed E-state index contributed by atoms with van der Waals surface area (Å²) in [6.45, 7) is 0. The van der Waals surface area contributed by atoms with Gasteiger partial charge >= 0.3 is 0 Å². The second-order valence-corrected chi connectivity index (χ2v) is 8.46. The summed E-state index contributed by atoms with van der Waals surface area (Å²) < 4.78 is 34.0. The van der Waals surface area contributed by atoms with Crippen LogP contribution in [-0.4, -0.2) is 43.8 Å². The standard InChI is InChI=1S/C23H26ClNO7S/c1-29-16-12-20(31-3)17(21(13-16)32-4)9-10-33(28)14-15-5-6-19(30-2)18(11-15)25-23(27)8-7-22(24)26/h5-6,9-13H,7-8,14H2,1-4H3,(H,25,27). The monoisotopic (exact) mass is 495 g/mol. The molecule has 0 spiro atoms. The average Bonchev–Trinajstić information content (AvgIpc) is 2.81. The first kappa shape index (κ1) is 26.2. The second kappa shape index (κ2) is 12.9. The Hall–Kier alpha value is -3.04. The Labute approximate surface area is 200 Å². The van der Waals surface area contributed by atoms with E-state index in [9.17, 15) is 13.8 Å². The van der Waals surface area contributed by atoms with Gasteiger partial charge in [0.05, 0.1) is 56.2 Å². The lowest BCUT2D eigenvalue weighted by molar-refractivity contribution is -0.119. The quantitative estimate of drug-likeness (QED) is 0.442. The van der Waals surface area contributed by atoms with E-state index in [1.165, 1.54) is 21.3 Å². The van der Waals surface area contributed by atoms with Gasteiger partial charge in [-0.25, -0.2) is 0 Å². The molecule has 10 heteroatoms. The lowest BCUT2D eigenvalue weighted by Gasteiger charge is -2.13. The molecule has 0 heterocycles. The van der Waals surface area contributed by atoms with Gasteiger partial charge in [0.25, 0.3) is 0 Å². The third-order valence-electron chi connectivity index (χ3n) is 4.54. The Morgan fingerprint density at radius 3 is 2.12 bits per heavy atom. The van der Waals surface area contributed by atoms with Crippen molar-refractivity contribution in [1.82, 2.24) is 0 Å². The van der Waals surface area contributed by atoms with Gasteiger partial charge in [0.2, 0.25) is 11.1 Å². The molecule has 178 valence electrons. The minimum absolute atomic E-state index is 0.0457. The molecule has 2 aromatic carbocycles. The van der Waals surface area contributed by atoms with Gasteiger partial charge < -0.3 is 24.3 Å². The number of hydrogen-bond acceptors (Lipinski definition) is 7. The van der Waals surface area contributed by atoms with Crippen LogP contribution < -0.4 is 24.3 Å². The zero-order valence-electron chi connectivity index (χ0n) is 18.8. The van der Waals surface area contributed by atoms with E-state index in [1.54, 1.807) is 48.9 Å². The van der Waals surface area contributed by atoms with E-state index in [-0.39, 0.29) is 24.5 Å². The summed E-state index contributed by atoms with van der Waals surface area (Å²) in [6, 6.07) is 8.54. The fourth-order valence-electron chi connectivity index (χ4n) is 2.92. The number of anilines is 1. The number of halogens is 1. The van der Waals surface area contributed by atoms with Crippen molar-refractivity contribution >= 4 is 45.3 Å². The van der Waals surface area contributed by atoms with Crippen LogP contribution in [0, 0.1) is 0 Å². The number of benzene rings is 2. The Morgan fingerprint density at radius 2 is 1.58 bits per heavy atom. The van der Waals surface area contributed by atoms with Crippen molar-refractivity contribution in [3.8, 4) is 23.0 Å². The molecular weight excluding hydrogens is 470 g/mol. The Morgan fingerprint density at radius 1 is 0.939 bits per heavy atom. The zero-order chi connectivity index (χ0) is 24.4. The molecule has 0 saturated heterocycles. The molecule has 0 fully saturated rings. The van der Waals surface area contributed by atoms with Gasteiger partial charge in [-0.05, 0) is 35.4 Å².